The van der Waals surface area contributed by atoms with Gasteiger partial charge in [-0.1, -0.05) is 32.0 Å². The molecule has 1 aliphatic heterocycles. The molecule has 9 heteroatoms. The maximum Gasteiger partial charge on any atom is 0.586 e. The van der Waals surface area contributed by atoms with Crippen LogP contribution in [-0.4, -0.2) is 29.4 Å². The summed E-state index contributed by atoms with van der Waals surface area (Å²) >= 11 is 0. The van der Waals surface area contributed by atoms with Crippen LogP contribution < -0.4 is 14.8 Å². The highest BCUT2D eigenvalue weighted by atomic mass is 19.3. The molecule has 1 heterocycles. The van der Waals surface area contributed by atoms with Gasteiger partial charge in [-0.25, -0.2) is 4.79 Å². The standard InChI is InChI=1S/C22H23F2NO6/c1-12(2)19(20(26)25-13(3)15-5-7-16(8-6-15)21(27)28)29-11-14-4-9-17-18(10-14)31-22(23,24)30-17/h4-10,12-13,19H,11H2,1-3H3,(H,25,26)(H,27,28)/t13-,19?/m0/s1. The van der Waals surface area contributed by atoms with E-state index in [1.165, 1.54) is 24.3 Å². The minimum atomic E-state index is -3.69. The summed E-state index contributed by atoms with van der Waals surface area (Å²) in [4.78, 5) is 23.7. The van der Waals surface area contributed by atoms with Gasteiger partial charge in [0.15, 0.2) is 11.5 Å². The molecule has 2 atom stereocenters. The van der Waals surface area contributed by atoms with Gasteiger partial charge in [-0.3, -0.25) is 4.79 Å². The van der Waals surface area contributed by atoms with Gasteiger partial charge in [0.2, 0.25) is 5.91 Å². The van der Waals surface area contributed by atoms with Crippen LogP contribution in [0.25, 0.3) is 0 Å². The maximum absolute atomic E-state index is 13.2. The van der Waals surface area contributed by atoms with E-state index in [0.29, 0.717) is 5.56 Å². The zero-order chi connectivity index (χ0) is 22.8. The van der Waals surface area contributed by atoms with E-state index in [2.05, 4.69) is 14.8 Å². The maximum atomic E-state index is 13.2. The number of fused-ring (bicyclic) bond motifs is 1. The fourth-order valence-electron chi connectivity index (χ4n) is 3.13. The van der Waals surface area contributed by atoms with Gasteiger partial charge in [-0.2, -0.15) is 0 Å². The number of aromatic carboxylic acids is 1. The van der Waals surface area contributed by atoms with E-state index in [1.807, 2.05) is 13.8 Å². The van der Waals surface area contributed by atoms with Gasteiger partial charge in [0.25, 0.3) is 0 Å². The van der Waals surface area contributed by atoms with Crippen molar-refractivity contribution in [3.05, 3.63) is 59.2 Å². The average molecular weight is 435 g/mol. The summed E-state index contributed by atoms with van der Waals surface area (Å²) in [5, 5.41) is 11.8. The molecule has 0 saturated heterocycles. The van der Waals surface area contributed by atoms with Gasteiger partial charge in [-0.05, 0) is 48.2 Å². The predicted octanol–water partition coefficient (Wildman–Crippen LogP) is 4.12. The number of hydrogen-bond donors (Lipinski definition) is 2. The molecule has 1 amide bonds. The van der Waals surface area contributed by atoms with Gasteiger partial charge in [0.1, 0.15) is 6.10 Å². The fraction of sp³-hybridized carbons (Fsp3) is 0.364. The molecule has 0 spiro atoms. The molecule has 0 saturated carbocycles. The Morgan fingerprint density at radius 3 is 2.32 bits per heavy atom. The Kier molecular flexibility index (Phi) is 6.45. The Labute approximate surface area is 177 Å². The summed E-state index contributed by atoms with van der Waals surface area (Å²) in [6, 6.07) is 10.2. The number of halogens is 2. The first-order valence-electron chi connectivity index (χ1n) is 9.70. The molecule has 7 nitrogen and oxygen atoms in total. The summed E-state index contributed by atoms with van der Waals surface area (Å²) < 4.78 is 40.9. The second-order valence-electron chi connectivity index (χ2n) is 7.58. The Morgan fingerprint density at radius 1 is 1.06 bits per heavy atom. The van der Waals surface area contributed by atoms with Gasteiger partial charge >= 0.3 is 12.3 Å². The summed E-state index contributed by atoms with van der Waals surface area (Å²) in [6.45, 7) is 5.46. The Morgan fingerprint density at radius 2 is 1.71 bits per heavy atom. The van der Waals surface area contributed by atoms with Gasteiger partial charge in [0, 0.05) is 0 Å². The quantitative estimate of drug-likeness (QED) is 0.648. The number of nitrogens with one attached hydrogen (secondary N) is 1. The van der Waals surface area contributed by atoms with E-state index in [9.17, 15) is 18.4 Å². The molecule has 166 valence electrons. The lowest BCUT2D eigenvalue weighted by Crippen LogP contribution is -2.40. The molecule has 2 aromatic rings. The van der Waals surface area contributed by atoms with Crippen LogP contribution in [-0.2, 0) is 16.1 Å². The summed E-state index contributed by atoms with van der Waals surface area (Å²) in [5.74, 6) is -1.66. The number of benzene rings is 2. The molecule has 2 aromatic carbocycles. The first-order valence-corrected chi connectivity index (χ1v) is 9.70. The Balaban J connectivity index is 1.61. The highest BCUT2D eigenvalue weighted by Crippen LogP contribution is 2.41. The first kappa shape index (κ1) is 22.5. The van der Waals surface area contributed by atoms with Crippen LogP contribution in [0.5, 0.6) is 11.5 Å². The fourth-order valence-corrected chi connectivity index (χ4v) is 3.13. The molecule has 3 rings (SSSR count). The molecular weight excluding hydrogens is 412 g/mol. The number of carboxylic acids is 1. The van der Waals surface area contributed by atoms with Crippen molar-refractivity contribution in [1.82, 2.24) is 5.32 Å². The largest absolute Gasteiger partial charge is 0.586 e. The lowest BCUT2D eigenvalue weighted by atomic mass is 10.0. The Hall–Kier alpha value is -3.20. The van der Waals surface area contributed by atoms with E-state index in [4.69, 9.17) is 9.84 Å². The average Bonchev–Trinajstić information content (AvgIpc) is 3.00. The summed E-state index contributed by atoms with van der Waals surface area (Å²) in [7, 11) is 0. The van der Waals surface area contributed by atoms with Gasteiger partial charge in [-0.15, -0.1) is 8.78 Å². The second kappa shape index (κ2) is 8.89. The summed E-state index contributed by atoms with van der Waals surface area (Å²) in [6.07, 6.45) is -4.48. The molecular formula is C22H23F2NO6. The van der Waals surface area contributed by atoms with Crippen molar-refractivity contribution >= 4 is 11.9 Å². The van der Waals surface area contributed by atoms with Crippen molar-refractivity contribution in [1.29, 1.82) is 0 Å². The summed E-state index contributed by atoms with van der Waals surface area (Å²) in [5.41, 5.74) is 1.46. The van der Waals surface area contributed by atoms with Gasteiger partial charge in [0.05, 0.1) is 18.2 Å². The van der Waals surface area contributed by atoms with E-state index in [1.54, 1.807) is 25.1 Å². The zero-order valence-electron chi connectivity index (χ0n) is 17.2. The minimum absolute atomic E-state index is 0.0141. The monoisotopic (exact) mass is 435 g/mol. The molecule has 31 heavy (non-hydrogen) atoms. The van der Waals surface area contributed by atoms with Crippen LogP contribution in [0.4, 0.5) is 8.78 Å². The van der Waals surface area contributed by atoms with Crippen LogP contribution in [0.3, 0.4) is 0 Å². The minimum Gasteiger partial charge on any atom is -0.478 e. The third-order valence-corrected chi connectivity index (χ3v) is 4.78. The number of carbonyl (C=O) groups excluding carboxylic acids is 1. The van der Waals surface area contributed by atoms with Crippen LogP contribution in [0.1, 0.15) is 48.3 Å². The number of carboxylic acid groups (broad SMARTS) is 1. The Bertz CT molecular complexity index is 961. The van der Waals surface area contributed by atoms with E-state index in [0.717, 1.165) is 5.56 Å². The van der Waals surface area contributed by atoms with Crippen LogP contribution in [0.2, 0.25) is 0 Å². The van der Waals surface area contributed by atoms with Gasteiger partial charge < -0.3 is 24.6 Å². The third kappa shape index (κ3) is 5.49. The van der Waals surface area contributed by atoms with Crippen molar-refractivity contribution in [2.24, 2.45) is 5.92 Å². The molecule has 1 aliphatic rings. The SMILES string of the molecule is CC(C)C(OCc1ccc2c(c1)OC(F)(F)O2)C(=O)N[C@@H](C)c1ccc(C(=O)O)cc1. The lowest BCUT2D eigenvalue weighted by molar-refractivity contribution is -0.286. The van der Waals surface area contributed by atoms with E-state index in [-0.39, 0.29) is 41.5 Å². The topological polar surface area (TPSA) is 94.1 Å². The zero-order valence-corrected chi connectivity index (χ0v) is 17.2. The predicted molar refractivity (Wildman–Crippen MR) is 106 cm³/mol. The lowest BCUT2D eigenvalue weighted by Gasteiger charge is -2.23. The number of hydrogen-bond acceptors (Lipinski definition) is 5. The smallest absolute Gasteiger partial charge is 0.478 e. The van der Waals surface area contributed by atoms with Crippen LogP contribution >= 0.6 is 0 Å². The van der Waals surface area contributed by atoms with Crippen LogP contribution in [0, 0.1) is 5.92 Å². The highest BCUT2D eigenvalue weighted by Gasteiger charge is 2.43. The van der Waals surface area contributed by atoms with Crippen molar-refractivity contribution in [2.45, 2.75) is 45.8 Å². The van der Waals surface area contributed by atoms with Crippen LogP contribution in [0.15, 0.2) is 42.5 Å². The normalized spacial score (nSPS) is 16.1. The second-order valence-corrected chi connectivity index (χ2v) is 7.58. The molecule has 0 radical (unpaired) electrons. The number of ether oxygens (including phenoxy) is 3. The van der Waals surface area contributed by atoms with E-state index >= 15 is 0 Å². The number of rotatable bonds is 8. The molecule has 0 aromatic heterocycles. The third-order valence-electron chi connectivity index (χ3n) is 4.78. The van der Waals surface area contributed by atoms with Crippen molar-refractivity contribution in [3.8, 4) is 11.5 Å². The first-order chi connectivity index (χ1) is 14.6. The van der Waals surface area contributed by atoms with Crippen molar-refractivity contribution in [2.75, 3.05) is 0 Å². The molecule has 0 bridgehead atoms. The van der Waals surface area contributed by atoms with Crippen molar-refractivity contribution < 1.29 is 37.7 Å². The molecule has 0 aliphatic carbocycles. The highest BCUT2D eigenvalue weighted by molar-refractivity contribution is 5.87. The van der Waals surface area contributed by atoms with E-state index < -0.39 is 18.4 Å². The molecule has 2 N–H and O–H groups in total. The molecule has 1 unspecified atom stereocenters. The number of amides is 1. The van der Waals surface area contributed by atoms with Crippen molar-refractivity contribution in [3.63, 3.8) is 0 Å². The molecule has 0 fully saturated rings. The number of carbonyl (C=O) groups is 2. The number of alkyl halides is 2.